The molecule has 1 unspecified atom stereocenters. The zero-order valence-corrected chi connectivity index (χ0v) is 14.4. The maximum absolute atomic E-state index is 14.0. The highest BCUT2D eigenvalue weighted by atomic mass is 79.9. The number of halogens is 3. The fourth-order valence-corrected chi connectivity index (χ4v) is 2.81. The average Bonchev–Trinajstić information content (AvgIpc) is 2.44. The van der Waals surface area contributed by atoms with Crippen LogP contribution in [0.15, 0.2) is 40.9 Å². The van der Waals surface area contributed by atoms with Crippen LogP contribution in [0.5, 0.6) is 0 Å². The molecular weight excluding hydrogens is 353 g/mol. The van der Waals surface area contributed by atoms with Gasteiger partial charge in [-0.05, 0) is 54.8 Å². The minimum Gasteiger partial charge on any atom is -0.310 e. The lowest BCUT2D eigenvalue weighted by Crippen LogP contribution is -2.23. The molecule has 2 aromatic carbocycles. The Morgan fingerprint density at radius 2 is 2.00 bits per heavy atom. The highest BCUT2D eigenvalue weighted by Crippen LogP contribution is 2.26. The Balaban J connectivity index is 2.28. The van der Waals surface area contributed by atoms with Crippen LogP contribution in [0.25, 0.3) is 0 Å². The Labute approximate surface area is 138 Å². The van der Waals surface area contributed by atoms with Crippen molar-refractivity contribution >= 4 is 27.5 Å². The molecule has 112 valence electrons. The Hall–Kier alpha value is -0.900. The van der Waals surface area contributed by atoms with Gasteiger partial charge in [-0.2, -0.15) is 0 Å². The summed E-state index contributed by atoms with van der Waals surface area (Å²) in [4.78, 5) is 0. The molecule has 0 bridgehead atoms. The van der Waals surface area contributed by atoms with Crippen LogP contribution in [0.4, 0.5) is 4.39 Å². The number of hydrogen-bond acceptors (Lipinski definition) is 1. The molecule has 0 aliphatic carbocycles. The van der Waals surface area contributed by atoms with Crippen molar-refractivity contribution in [3.63, 3.8) is 0 Å². The highest BCUT2D eigenvalue weighted by molar-refractivity contribution is 9.10. The van der Waals surface area contributed by atoms with Crippen LogP contribution in [-0.2, 0) is 6.42 Å². The fraction of sp³-hybridized carbons (Fsp3) is 0.294. The smallest absolute Gasteiger partial charge is 0.127 e. The van der Waals surface area contributed by atoms with E-state index in [1.54, 1.807) is 0 Å². The standard InChI is InChI=1S/C17H18BrClFN/c1-3-21-17(13-5-4-11(2)15(19)8-13)9-12-6-7-14(18)10-16(12)20/h4-8,10,17,21H,3,9H2,1-2H3. The Kier molecular flexibility index (Phi) is 5.80. The molecule has 0 spiro atoms. The third-order valence-corrected chi connectivity index (χ3v) is 4.39. The van der Waals surface area contributed by atoms with E-state index < -0.39 is 0 Å². The monoisotopic (exact) mass is 369 g/mol. The number of hydrogen-bond donors (Lipinski definition) is 1. The maximum atomic E-state index is 14.0. The third-order valence-electron chi connectivity index (χ3n) is 3.49. The summed E-state index contributed by atoms with van der Waals surface area (Å²) in [5.74, 6) is -0.189. The normalized spacial score (nSPS) is 12.4. The van der Waals surface area contributed by atoms with E-state index in [0.717, 1.165) is 27.2 Å². The number of benzene rings is 2. The summed E-state index contributed by atoms with van der Waals surface area (Å²) in [6.45, 7) is 4.83. The Bertz CT molecular complexity index is 630. The number of nitrogens with one attached hydrogen (secondary N) is 1. The highest BCUT2D eigenvalue weighted by Gasteiger charge is 2.14. The average molecular weight is 371 g/mol. The molecule has 21 heavy (non-hydrogen) atoms. The lowest BCUT2D eigenvalue weighted by atomic mass is 9.97. The van der Waals surface area contributed by atoms with Gasteiger partial charge in [-0.15, -0.1) is 0 Å². The van der Waals surface area contributed by atoms with Gasteiger partial charge in [0.25, 0.3) is 0 Å². The molecule has 0 fully saturated rings. The Morgan fingerprint density at radius 3 is 2.62 bits per heavy atom. The van der Waals surface area contributed by atoms with E-state index in [9.17, 15) is 4.39 Å². The molecule has 0 aliphatic heterocycles. The van der Waals surface area contributed by atoms with E-state index in [2.05, 4.69) is 21.2 Å². The first kappa shape index (κ1) is 16.5. The van der Waals surface area contributed by atoms with E-state index in [1.165, 1.54) is 6.07 Å². The van der Waals surface area contributed by atoms with E-state index in [0.29, 0.717) is 12.0 Å². The summed E-state index contributed by atoms with van der Waals surface area (Å²) in [5.41, 5.74) is 2.82. The van der Waals surface area contributed by atoms with Crippen LogP contribution in [0.1, 0.15) is 29.7 Å². The summed E-state index contributed by atoms with van der Waals surface area (Å²) in [6, 6.07) is 11.2. The summed E-state index contributed by atoms with van der Waals surface area (Å²) in [6.07, 6.45) is 0.590. The molecule has 0 radical (unpaired) electrons. The van der Waals surface area contributed by atoms with E-state index in [4.69, 9.17) is 11.6 Å². The van der Waals surface area contributed by atoms with Gasteiger partial charge < -0.3 is 5.32 Å². The summed E-state index contributed by atoms with van der Waals surface area (Å²) >= 11 is 9.49. The van der Waals surface area contributed by atoms with Gasteiger partial charge in [0.1, 0.15) is 5.82 Å². The first-order valence-electron chi connectivity index (χ1n) is 6.94. The molecule has 4 heteroatoms. The zero-order chi connectivity index (χ0) is 15.4. The zero-order valence-electron chi connectivity index (χ0n) is 12.1. The van der Waals surface area contributed by atoms with Gasteiger partial charge in [-0.3, -0.25) is 0 Å². The fourth-order valence-electron chi connectivity index (χ4n) is 2.29. The molecule has 0 saturated carbocycles. The lowest BCUT2D eigenvalue weighted by Gasteiger charge is -2.19. The van der Waals surface area contributed by atoms with Crippen molar-refractivity contribution in [3.8, 4) is 0 Å². The first-order chi connectivity index (χ1) is 10.0. The quantitative estimate of drug-likeness (QED) is 0.738. The van der Waals surface area contributed by atoms with Crippen molar-refractivity contribution in [3.05, 3.63) is 68.4 Å². The van der Waals surface area contributed by atoms with Crippen LogP contribution in [0, 0.1) is 12.7 Å². The van der Waals surface area contributed by atoms with Gasteiger partial charge in [0.15, 0.2) is 0 Å². The summed E-state index contributed by atoms with van der Waals surface area (Å²) in [5, 5.41) is 4.14. The van der Waals surface area contributed by atoms with Crippen LogP contribution < -0.4 is 5.32 Å². The van der Waals surface area contributed by atoms with Crippen molar-refractivity contribution in [2.45, 2.75) is 26.3 Å². The molecule has 0 amide bonds. The van der Waals surface area contributed by atoms with Crippen molar-refractivity contribution < 1.29 is 4.39 Å². The summed E-state index contributed by atoms with van der Waals surface area (Å²) in [7, 11) is 0. The van der Waals surface area contributed by atoms with Gasteiger partial charge in [0, 0.05) is 15.5 Å². The number of likely N-dealkylation sites (N-methyl/N-ethyl adjacent to an activating group) is 1. The molecule has 0 aliphatic rings. The van der Waals surface area contributed by atoms with Crippen LogP contribution in [-0.4, -0.2) is 6.54 Å². The van der Waals surface area contributed by atoms with Crippen molar-refractivity contribution in [1.82, 2.24) is 5.32 Å². The van der Waals surface area contributed by atoms with Crippen LogP contribution in [0.2, 0.25) is 5.02 Å². The van der Waals surface area contributed by atoms with E-state index >= 15 is 0 Å². The van der Waals surface area contributed by atoms with Crippen LogP contribution in [0.3, 0.4) is 0 Å². The van der Waals surface area contributed by atoms with Crippen LogP contribution >= 0.6 is 27.5 Å². The molecule has 0 heterocycles. The van der Waals surface area contributed by atoms with E-state index in [1.807, 2.05) is 44.2 Å². The first-order valence-corrected chi connectivity index (χ1v) is 8.11. The van der Waals surface area contributed by atoms with E-state index in [-0.39, 0.29) is 11.9 Å². The van der Waals surface area contributed by atoms with Crippen molar-refractivity contribution in [2.24, 2.45) is 0 Å². The van der Waals surface area contributed by atoms with Crippen molar-refractivity contribution in [2.75, 3.05) is 6.54 Å². The molecule has 0 aromatic heterocycles. The van der Waals surface area contributed by atoms with Gasteiger partial charge in [-0.1, -0.05) is 52.7 Å². The SMILES string of the molecule is CCNC(Cc1ccc(Br)cc1F)c1ccc(C)c(Cl)c1. The number of rotatable bonds is 5. The third kappa shape index (κ3) is 4.29. The van der Waals surface area contributed by atoms with Gasteiger partial charge in [0.2, 0.25) is 0 Å². The predicted molar refractivity (Wildman–Crippen MR) is 90.4 cm³/mol. The molecule has 0 saturated heterocycles. The van der Waals surface area contributed by atoms with Gasteiger partial charge >= 0.3 is 0 Å². The predicted octanol–water partition coefficient (Wildman–Crippen LogP) is 5.44. The maximum Gasteiger partial charge on any atom is 0.127 e. The molecule has 1 atom stereocenters. The molecule has 1 N–H and O–H groups in total. The second kappa shape index (κ2) is 7.39. The topological polar surface area (TPSA) is 12.0 Å². The van der Waals surface area contributed by atoms with Gasteiger partial charge in [-0.25, -0.2) is 4.39 Å². The largest absolute Gasteiger partial charge is 0.310 e. The minimum absolute atomic E-state index is 0.0452. The Morgan fingerprint density at radius 1 is 1.24 bits per heavy atom. The van der Waals surface area contributed by atoms with Crippen molar-refractivity contribution in [1.29, 1.82) is 0 Å². The minimum atomic E-state index is -0.189. The lowest BCUT2D eigenvalue weighted by molar-refractivity contribution is 0.527. The molecule has 2 rings (SSSR count). The molecule has 1 nitrogen and oxygen atoms in total. The van der Waals surface area contributed by atoms with Gasteiger partial charge in [0.05, 0.1) is 0 Å². The summed E-state index contributed by atoms with van der Waals surface area (Å²) < 4.78 is 14.8. The second-order valence-corrected chi connectivity index (χ2v) is 6.38. The molecular formula is C17H18BrClFN. The molecule has 2 aromatic rings. The number of aryl methyl sites for hydroxylation is 1. The second-order valence-electron chi connectivity index (χ2n) is 5.06.